The molecule has 2 aliphatic rings. The summed E-state index contributed by atoms with van der Waals surface area (Å²) in [5.74, 6) is 2.87. The van der Waals surface area contributed by atoms with Crippen molar-refractivity contribution in [2.75, 3.05) is 18.5 Å². The molecule has 114 valence electrons. The molecule has 0 aromatic heterocycles. The van der Waals surface area contributed by atoms with Crippen LogP contribution in [0.5, 0.6) is 0 Å². The van der Waals surface area contributed by atoms with E-state index in [1.54, 1.807) is 0 Å². The number of amidine groups is 1. The Labute approximate surface area is 126 Å². The number of oxime groups is 1. The van der Waals surface area contributed by atoms with E-state index in [4.69, 9.17) is 10.9 Å². The molecule has 4 nitrogen and oxygen atoms in total. The molecule has 0 aliphatic heterocycles. The third kappa shape index (κ3) is 2.59. The van der Waals surface area contributed by atoms with Gasteiger partial charge in [0.2, 0.25) is 0 Å². The van der Waals surface area contributed by atoms with E-state index < -0.39 is 0 Å². The first-order chi connectivity index (χ1) is 10.1. The van der Waals surface area contributed by atoms with Gasteiger partial charge in [-0.25, -0.2) is 0 Å². The molecule has 2 bridgehead atoms. The Bertz CT molecular complexity index is 555. The molecule has 2 saturated carbocycles. The molecule has 3 atom stereocenters. The van der Waals surface area contributed by atoms with Gasteiger partial charge in [0.05, 0.1) is 5.69 Å². The molecular formula is C17H25N3O. The summed E-state index contributed by atoms with van der Waals surface area (Å²) in [4.78, 5) is 2.30. The highest BCUT2D eigenvalue weighted by atomic mass is 16.4. The van der Waals surface area contributed by atoms with Crippen molar-refractivity contribution in [2.45, 2.75) is 32.6 Å². The number of hydrogen-bond acceptors (Lipinski definition) is 3. The molecule has 0 heterocycles. The van der Waals surface area contributed by atoms with Gasteiger partial charge in [-0.1, -0.05) is 23.7 Å². The van der Waals surface area contributed by atoms with E-state index in [0.717, 1.165) is 35.5 Å². The number of aryl methyl sites for hydroxylation is 1. The Kier molecular flexibility index (Phi) is 3.79. The largest absolute Gasteiger partial charge is 0.409 e. The zero-order chi connectivity index (χ0) is 15.0. The Hall–Kier alpha value is -1.71. The van der Waals surface area contributed by atoms with Crippen molar-refractivity contribution in [3.05, 3.63) is 29.3 Å². The summed E-state index contributed by atoms with van der Waals surface area (Å²) in [6.45, 7) is 3.15. The second-order valence-corrected chi connectivity index (χ2v) is 6.77. The summed E-state index contributed by atoms with van der Waals surface area (Å²) >= 11 is 0. The number of para-hydroxylation sites is 1. The van der Waals surface area contributed by atoms with Crippen molar-refractivity contribution in [1.82, 2.24) is 0 Å². The van der Waals surface area contributed by atoms with E-state index in [9.17, 15) is 0 Å². The molecule has 3 unspecified atom stereocenters. The topological polar surface area (TPSA) is 61.9 Å². The summed E-state index contributed by atoms with van der Waals surface area (Å²) in [6.07, 6.45) is 5.65. The highest BCUT2D eigenvalue weighted by Crippen LogP contribution is 2.48. The number of rotatable bonds is 4. The molecule has 0 spiro atoms. The number of fused-ring (bicyclic) bond motifs is 2. The van der Waals surface area contributed by atoms with Gasteiger partial charge < -0.3 is 15.8 Å². The van der Waals surface area contributed by atoms with Crippen molar-refractivity contribution in [1.29, 1.82) is 0 Å². The molecule has 1 aromatic carbocycles. The van der Waals surface area contributed by atoms with Crippen LogP contribution in [0.15, 0.2) is 23.4 Å². The van der Waals surface area contributed by atoms with Crippen LogP contribution in [-0.2, 0) is 0 Å². The third-order valence-electron chi connectivity index (χ3n) is 5.40. The molecular weight excluding hydrogens is 262 g/mol. The summed E-state index contributed by atoms with van der Waals surface area (Å²) in [5, 5.41) is 12.2. The minimum absolute atomic E-state index is 0.188. The lowest BCUT2D eigenvalue weighted by Crippen LogP contribution is -2.31. The molecule has 21 heavy (non-hydrogen) atoms. The molecule has 2 fully saturated rings. The third-order valence-corrected chi connectivity index (χ3v) is 5.40. The lowest BCUT2D eigenvalue weighted by atomic mass is 9.88. The Balaban J connectivity index is 1.82. The van der Waals surface area contributed by atoms with Gasteiger partial charge in [0.1, 0.15) is 0 Å². The van der Waals surface area contributed by atoms with Gasteiger partial charge in [0, 0.05) is 19.2 Å². The van der Waals surface area contributed by atoms with Crippen molar-refractivity contribution in [3.63, 3.8) is 0 Å². The van der Waals surface area contributed by atoms with E-state index in [2.05, 4.69) is 30.1 Å². The summed E-state index contributed by atoms with van der Waals surface area (Å²) in [7, 11) is 2.13. The predicted octanol–water partition coefficient (Wildman–Crippen LogP) is 2.96. The predicted molar refractivity (Wildman–Crippen MR) is 85.9 cm³/mol. The van der Waals surface area contributed by atoms with Crippen molar-refractivity contribution in [3.8, 4) is 0 Å². The zero-order valence-electron chi connectivity index (χ0n) is 12.9. The fourth-order valence-corrected chi connectivity index (χ4v) is 4.47. The lowest BCUT2D eigenvalue weighted by Gasteiger charge is -2.30. The first-order valence-electron chi connectivity index (χ1n) is 7.88. The molecule has 3 N–H and O–H groups in total. The van der Waals surface area contributed by atoms with Crippen LogP contribution < -0.4 is 10.6 Å². The molecule has 2 aliphatic carbocycles. The van der Waals surface area contributed by atoms with Gasteiger partial charge in [-0.05, 0) is 55.6 Å². The summed E-state index contributed by atoms with van der Waals surface area (Å²) < 4.78 is 0. The Morgan fingerprint density at radius 1 is 1.38 bits per heavy atom. The molecule has 4 heteroatoms. The first kappa shape index (κ1) is 14.2. The van der Waals surface area contributed by atoms with E-state index >= 15 is 0 Å². The minimum atomic E-state index is 0.188. The van der Waals surface area contributed by atoms with E-state index in [1.165, 1.54) is 31.2 Å². The molecule has 3 rings (SSSR count). The van der Waals surface area contributed by atoms with Crippen molar-refractivity contribution < 1.29 is 5.21 Å². The summed E-state index contributed by atoms with van der Waals surface area (Å²) in [6, 6.07) is 5.97. The van der Waals surface area contributed by atoms with Gasteiger partial charge in [-0.15, -0.1) is 0 Å². The fourth-order valence-electron chi connectivity index (χ4n) is 4.47. The smallest absolute Gasteiger partial charge is 0.172 e. The van der Waals surface area contributed by atoms with Crippen LogP contribution in [0.2, 0.25) is 0 Å². The van der Waals surface area contributed by atoms with Crippen LogP contribution in [-0.4, -0.2) is 24.6 Å². The van der Waals surface area contributed by atoms with Gasteiger partial charge in [0.25, 0.3) is 0 Å². The van der Waals surface area contributed by atoms with Crippen LogP contribution >= 0.6 is 0 Å². The maximum absolute atomic E-state index is 9.00. The second kappa shape index (κ2) is 5.58. The summed E-state index contributed by atoms with van der Waals surface area (Å²) in [5.41, 5.74) is 8.93. The monoisotopic (exact) mass is 287 g/mol. The van der Waals surface area contributed by atoms with Crippen LogP contribution in [0, 0.1) is 24.7 Å². The number of benzene rings is 1. The molecule has 0 saturated heterocycles. The van der Waals surface area contributed by atoms with Crippen LogP contribution in [0.4, 0.5) is 5.69 Å². The fraction of sp³-hybridized carbons (Fsp3) is 0.588. The Morgan fingerprint density at radius 3 is 2.81 bits per heavy atom. The zero-order valence-corrected chi connectivity index (χ0v) is 12.9. The van der Waals surface area contributed by atoms with Crippen LogP contribution in [0.1, 0.15) is 36.8 Å². The van der Waals surface area contributed by atoms with Crippen molar-refractivity contribution >= 4 is 11.5 Å². The minimum Gasteiger partial charge on any atom is -0.409 e. The van der Waals surface area contributed by atoms with E-state index in [0.29, 0.717) is 0 Å². The normalized spacial score (nSPS) is 28.1. The first-order valence-corrected chi connectivity index (χ1v) is 7.88. The highest BCUT2D eigenvalue weighted by molar-refractivity contribution is 6.02. The van der Waals surface area contributed by atoms with E-state index in [-0.39, 0.29) is 5.84 Å². The lowest BCUT2D eigenvalue weighted by molar-refractivity contribution is 0.318. The standard InChI is InChI=1S/C17H25N3O/c1-11-4-3-5-15(17(18)19-21)16(11)20(2)10-14-9-12-6-7-13(14)8-12/h3-5,12-14,21H,6-10H2,1-2H3,(H2,18,19). The Morgan fingerprint density at radius 2 is 2.19 bits per heavy atom. The maximum Gasteiger partial charge on any atom is 0.172 e. The molecule has 1 aromatic rings. The number of nitrogens with two attached hydrogens (primary N) is 1. The van der Waals surface area contributed by atoms with E-state index in [1.807, 2.05) is 12.1 Å². The molecule has 0 radical (unpaired) electrons. The number of hydrogen-bond donors (Lipinski definition) is 2. The van der Waals surface area contributed by atoms with Crippen LogP contribution in [0.25, 0.3) is 0 Å². The number of nitrogens with zero attached hydrogens (tertiary/aromatic N) is 2. The maximum atomic E-state index is 9.00. The van der Waals surface area contributed by atoms with Gasteiger partial charge in [-0.2, -0.15) is 0 Å². The van der Waals surface area contributed by atoms with Gasteiger partial charge in [0.15, 0.2) is 5.84 Å². The van der Waals surface area contributed by atoms with Gasteiger partial charge in [-0.3, -0.25) is 0 Å². The highest BCUT2D eigenvalue weighted by Gasteiger charge is 2.39. The van der Waals surface area contributed by atoms with Gasteiger partial charge >= 0.3 is 0 Å². The number of anilines is 1. The molecule has 0 amide bonds. The average molecular weight is 287 g/mol. The van der Waals surface area contributed by atoms with Crippen molar-refractivity contribution in [2.24, 2.45) is 28.6 Å². The average Bonchev–Trinajstić information content (AvgIpc) is 3.08. The second-order valence-electron chi connectivity index (χ2n) is 6.77. The van der Waals surface area contributed by atoms with Crippen LogP contribution in [0.3, 0.4) is 0 Å². The SMILES string of the molecule is Cc1cccc(/C(N)=N/O)c1N(C)CC1CC2CCC1C2. The quantitative estimate of drug-likeness (QED) is 0.387.